The summed E-state index contributed by atoms with van der Waals surface area (Å²) >= 11 is 0. The van der Waals surface area contributed by atoms with Crippen LogP contribution in [0.15, 0.2) is 18.2 Å². The van der Waals surface area contributed by atoms with Gasteiger partial charge in [0.1, 0.15) is 11.9 Å². The molecule has 0 saturated heterocycles. The number of aromatic hydroxyl groups is 1. The number of carbonyl (C=O) groups is 2. The van der Waals surface area contributed by atoms with Crippen LogP contribution in [-0.2, 0) is 20.5 Å². The van der Waals surface area contributed by atoms with E-state index >= 15 is 0 Å². The number of rotatable bonds is 2. The molecule has 0 spiro atoms. The van der Waals surface area contributed by atoms with Crippen LogP contribution in [0.4, 0.5) is 4.79 Å². The molecule has 8 nitrogen and oxygen atoms in total. The fraction of sp³-hybridized carbons (Fsp3) is 0.619. The summed E-state index contributed by atoms with van der Waals surface area (Å²) < 4.78 is 14.8. The molecule has 1 aromatic rings. The first kappa shape index (κ1) is 34.1. The number of benzene rings is 1. The van der Waals surface area contributed by atoms with Crippen molar-refractivity contribution in [3.63, 3.8) is 0 Å². The molecule has 166 valence electrons. The SMILES string of the molecule is CC(=O)OC1CCC2C3CCc4cc(O)ccc4C3CCC12C.O=C([O-])P(=O)([O-])[O-].[Na+].[Na+].[Na+]. The van der Waals surface area contributed by atoms with Crippen molar-refractivity contribution < 1.29 is 128 Å². The van der Waals surface area contributed by atoms with Crippen molar-refractivity contribution in [2.24, 2.45) is 17.3 Å². The van der Waals surface area contributed by atoms with Crippen LogP contribution in [0.2, 0.25) is 0 Å². The van der Waals surface area contributed by atoms with Gasteiger partial charge in [-0.05, 0) is 87.1 Å². The second kappa shape index (κ2) is 13.6. The first-order valence-electron chi connectivity index (χ1n) is 10.2. The van der Waals surface area contributed by atoms with E-state index in [1.54, 1.807) is 0 Å². The molecule has 1 N–H and O–H groups in total. The Morgan fingerprint density at radius 1 is 1.12 bits per heavy atom. The quantitative estimate of drug-likeness (QED) is 0.236. The molecular weight excluding hydrogens is 480 g/mol. The Balaban J connectivity index is 0.000000906. The minimum atomic E-state index is -5.43. The maximum Gasteiger partial charge on any atom is 1.00 e. The molecule has 4 rings (SSSR count). The summed E-state index contributed by atoms with van der Waals surface area (Å²) in [5.41, 5.74) is 0.385. The molecule has 5 atom stereocenters. The zero-order chi connectivity index (χ0) is 22.3. The predicted octanol–water partition coefficient (Wildman–Crippen LogP) is -7.56. The molecule has 0 radical (unpaired) electrons. The molecule has 0 amide bonds. The second-order valence-electron chi connectivity index (χ2n) is 8.78. The summed E-state index contributed by atoms with van der Waals surface area (Å²) in [6.07, 6.45) is 6.89. The van der Waals surface area contributed by atoms with E-state index in [1.807, 2.05) is 12.1 Å². The fourth-order valence-electron chi connectivity index (χ4n) is 5.91. The number of ether oxygens (including phenoxy) is 1. The van der Waals surface area contributed by atoms with Gasteiger partial charge in [-0.25, -0.2) is 0 Å². The van der Waals surface area contributed by atoms with Gasteiger partial charge in [0.05, 0.1) is 5.71 Å². The zero-order valence-electron chi connectivity index (χ0n) is 20.0. The number of hydrogen-bond acceptors (Lipinski definition) is 8. The third-order valence-corrected chi connectivity index (χ3v) is 7.60. The Labute approximate surface area is 260 Å². The van der Waals surface area contributed by atoms with Gasteiger partial charge >= 0.3 is 94.6 Å². The predicted molar refractivity (Wildman–Crippen MR) is 101 cm³/mol. The molecule has 3 aliphatic rings. The third-order valence-electron chi connectivity index (χ3n) is 7.15. The first-order chi connectivity index (χ1) is 13.9. The summed E-state index contributed by atoms with van der Waals surface area (Å²) in [6, 6.07) is 5.93. The van der Waals surface area contributed by atoms with Crippen molar-refractivity contribution in [1.29, 1.82) is 0 Å². The van der Waals surface area contributed by atoms with Crippen LogP contribution >= 0.6 is 7.60 Å². The van der Waals surface area contributed by atoms with Crippen LogP contribution < -0.4 is 104 Å². The molecule has 0 aromatic heterocycles. The van der Waals surface area contributed by atoms with Crippen LogP contribution in [0.1, 0.15) is 63.0 Å². The van der Waals surface area contributed by atoms with Crippen molar-refractivity contribution in [3.8, 4) is 5.75 Å². The number of phenols is 1. The molecule has 2 saturated carbocycles. The number of esters is 1. The molecule has 0 aliphatic heterocycles. The van der Waals surface area contributed by atoms with Gasteiger partial charge in [0.2, 0.25) is 0 Å². The molecule has 0 bridgehead atoms. The maximum absolute atomic E-state index is 11.4. The smallest absolute Gasteiger partial charge is 0.807 e. The Kier molecular flexibility index (Phi) is 14.1. The van der Waals surface area contributed by atoms with Gasteiger partial charge in [-0.1, -0.05) is 13.0 Å². The van der Waals surface area contributed by atoms with E-state index in [0.717, 1.165) is 19.3 Å². The van der Waals surface area contributed by atoms with E-state index in [9.17, 15) is 9.90 Å². The zero-order valence-corrected chi connectivity index (χ0v) is 26.9. The molecule has 2 fully saturated rings. The molecule has 5 unspecified atom stereocenters. The summed E-state index contributed by atoms with van der Waals surface area (Å²) in [5, 5.41) is 18.8. The number of fused-ring (bicyclic) bond motifs is 5. The van der Waals surface area contributed by atoms with Crippen molar-refractivity contribution in [3.05, 3.63) is 29.3 Å². The normalized spacial score (nSPS) is 29.1. The van der Waals surface area contributed by atoms with Gasteiger partial charge in [0.15, 0.2) is 0 Å². The van der Waals surface area contributed by atoms with Gasteiger partial charge < -0.3 is 34.1 Å². The van der Waals surface area contributed by atoms with Crippen molar-refractivity contribution >= 4 is 19.3 Å². The van der Waals surface area contributed by atoms with Crippen LogP contribution in [0.25, 0.3) is 0 Å². The monoisotopic (exact) mass is 506 g/mol. The number of carboxylic acid groups (broad SMARTS) is 1. The van der Waals surface area contributed by atoms with Gasteiger partial charge in [-0.15, -0.1) is 0 Å². The van der Waals surface area contributed by atoms with E-state index in [-0.39, 0.29) is 106 Å². The number of hydrogen-bond donors (Lipinski definition) is 1. The molecule has 12 heteroatoms. The topological polar surface area (TPSA) is 150 Å². The van der Waals surface area contributed by atoms with Gasteiger partial charge in [0, 0.05) is 12.3 Å². The number of aryl methyl sites for hydroxylation is 1. The Hall–Kier alpha value is 1.11. The number of carbonyl (C=O) groups excluding carboxylic acids is 2. The van der Waals surface area contributed by atoms with Gasteiger partial charge in [0.25, 0.3) is 0 Å². The molecule has 3 aliphatic carbocycles. The van der Waals surface area contributed by atoms with E-state index in [0.29, 0.717) is 23.5 Å². The molecule has 33 heavy (non-hydrogen) atoms. The van der Waals surface area contributed by atoms with Gasteiger partial charge in [-0.2, -0.15) is 0 Å². The molecule has 1 aromatic carbocycles. The Bertz CT molecular complexity index is 892. The minimum Gasteiger partial charge on any atom is -0.807 e. The summed E-state index contributed by atoms with van der Waals surface area (Å²) in [6.45, 7) is 3.88. The van der Waals surface area contributed by atoms with Gasteiger partial charge in [-0.3, -0.25) is 4.79 Å². The van der Waals surface area contributed by atoms with Crippen LogP contribution in [0.3, 0.4) is 0 Å². The van der Waals surface area contributed by atoms with Crippen LogP contribution in [0.5, 0.6) is 5.75 Å². The maximum atomic E-state index is 11.4. The average molecular weight is 506 g/mol. The summed E-state index contributed by atoms with van der Waals surface area (Å²) in [4.78, 5) is 38.8. The minimum absolute atomic E-state index is 0. The number of phenolic OH excluding ortho intramolecular Hbond substituents is 1. The van der Waals surface area contributed by atoms with Crippen molar-refractivity contribution in [2.45, 2.75) is 64.4 Å². The first-order valence-corrected chi connectivity index (χ1v) is 11.7. The van der Waals surface area contributed by atoms with E-state index < -0.39 is 13.3 Å². The summed E-state index contributed by atoms with van der Waals surface area (Å²) in [7, 11) is -5.43. The average Bonchev–Trinajstić information content (AvgIpc) is 2.97. The second-order valence-corrected chi connectivity index (χ2v) is 10.1. The van der Waals surface area contributed by atoms with E-state index in [2.05, 4.69) is 13.0 Å². The Morgan fingerprint density at radius 3 is 2.27 bits per heavy atom. The molecular formula is C21H26Na3O8P. The van der Waals surface area contributed by atoms with Crippen LogP contribution in [0, 0.1) is 17.3 Å². The van der Waals surface area contributed by atoms with Crippen molar-refractivity contribution in [2.75, 3.05) is 0 Å². The summed E-state index contributed by atoms with van der Waals surface area (Å²) in [5.74, 6) is 2.23. The molecule has 0 heterocycles. The van der Waals surface area contributed by atoms with Crippen molar-refractivity contribution in [1.82, 2.24) is 0 Å². The van der Waals surface area contributed by atoms with Crippen LogP contribution in [-0.4, -0.2) is 22.9 Å². The van der Waals surface area contributed by atoms with E-state index in [1.165, 1.54) is 37.3 Å². The largest absolute Gasteiger partial charge is 1.00 e. The standard InChI is InChI=1S/C20H26O3.CH3O5P.3Na/c1-12(21)23-19-8-7-18-17-5-3-13-11-14(22)4-6-15(13)16(17)9-10-20(18,19)2;2-1(3)7(4,5)6;;;/h4,6,11,16-19,22H,3,5,7-10H2,1-2H3;(H,2,3)(H2,4,5,6);;;/q;;3*+1/p-3. The van der Waals surface area contributed by atoms with E-state index in [4.69, 9.17) is 29.0 Å². The fourth-order valence-corrected chi connectivity index (χ4v) is 5.91. The third kappa shape index (κ3) is 7.80. The Morgan fingerprint density at radius 2 is 1.73 bits per heavy atom.